The Labute approximate surface area is 201 Å². The number of aromatic nitrogens is 2. The average Bonchev–Trinajstić information content (AvgIpc) is 3.04. The van der Waals surface area contributed by atoms with Crippen molar-refractivity contribution >= 4 is 35.1 Å². The molecule has 0 saturated carbocycles. The van der Waals surface area contributed by atoms with Gasteiger partial charge in [0.15, 0.2) is 5.76 Å². The fourth-order valence-corrected chi connectivity index (χ4v) is 3.54. The zero-order chi connectivity index (χ0) is 24.8. The van der Waals surface area contributed by atoms with Crippen LogP contribution in [0, 0.1) is 6.92 Å². The lowest BCUT2D eigenvalue weighted by Crippen LogP contribution is -2.22. The first-order chi connectivity index (χ1) is 15.5. The van der Waals surface area contributed by atoms with Gasteiger partial charge in [-0.05, 0) is 30.4 Å². The molecule has 0 amide bonds. The van der Waals surface area contributed by atoms with Crippen molar-refractivity contribution in [3.63, 3.8) is 0 Å². The van der Waals surface area contributed by atoms with Gasteiger partial charge in [0.05, 0.1) is 10.7 Å². The van der Waals surface area contributed by atoms with E-state index >= 15 is 0 Å². The molecule has 33 heavy (non-hydrogen) atoms. The van der Waals surface area contributed by atoms with Crippen molar-refractivity contribution in [1.29, 1.82) is 0 Å². The molecule has 2 rings (SSSR count). The lowest BCUT2D eigenvalue weighted by atomic mass is 9.86. The highest BCUT2D eigenvalue weighted by molar-refractivity contribution is 6.33. The largest absolute Gasteiger partial charge is 0.452 e. The molecule has 1 unspecified atom stereocenters. The van der Waals surface area contributed by atoms with Crippen LogP contribution in [0.2, 0.25) is 5.02 Å². The van der Waals surface area contributed by atoms with E-state index in [1.807, 2.05) is 26.0 Å². The molecular formula is C25H34ClN3O4. The molecule has 0 aliphatic rings. The van der Waals surface area contributed by atoms with Crippen molar-refractivity contribution in [2.24, 2.45) is 4.99 Å². The molecule has 0 fully saturated rings. The van der Waals surface area contributed by atoms with Gasteiger partial charge in [-0.25, -0.2) is 4.79 Å². The van der Waals surface area contributed by atoms with E-state index in [4.69, 9.17) is 25.8 Å². The Kier molecular flexibility index (Phi) is 9.25. The number of allylic oxidation sites excluding steroid dienone is 1. The van der Waals surface area contributed by atoms with Gasteiger partial charge >= 0.3 is 5.97 Å². The van der Waals surface area contributed by atoms with E-state index in [0.717, 1.165) is 5.56 Å². The summed E-state index contributed by atoms with van der Waals surface area (Å²) in [6, 6.07) is 8.22. The maximum Gasteiger partial charge on any atom is 0.335 e. The highest BCUT2D eigenvalue weighted by Gasteiger charge is 2.25. The number of nitrogens with zero attached hydrogens (tertiary/aromatic N) is 3. The molecule has 8 heteroatoms. The first kappa shape index (κ1) is 26.6. The van der Waals surface area contributed by atoms with Crippen LogP contribution < -0.4 is 0 Å². The molecule has 1 heterocycles. The van der Waals surface area contributed by atoms with Crippen molar-refractivity contribution in [3.05, 3.63) is 51.8 Å². The summed E-state index contributed by atoms with van der Waals surface area (Å²) < 4.78 is 18.2. The van der Waals surface area contributed by atoms with Gasteiger partial charge in [-0.1, -0.05) is 56.6 Å². The summed E-state index contributed by atoms with van der Waals surface area (Å²) in [7, 11) is 3.12. The van der Waals surface area contributed by atoms with Gasteiger partial charge in [0.25, 0.3) is 0 Å². The number of ether oxygens (including phenoxy) is 3. The molecule has 0 radical (unpaired) electrons. The highest BCUT2D eigenvalue weighted by Crippen LogP contribution is 2.35. The van der Waals surface area contributed by atoms with Crippen molar-refractivity contribution < 1.29 is 19.0 Å². The zero-order valence-electron chi connectivity index (χ0n) is 20.7. The predicted octanol–water partition coefficient (Wildman–Crippen LogP) is 5.28. The normalized spacial score (nSPS) is 13.7. The van der Waals surface area contributed by atoms with Gasteiger partial charge in [0, 0.05) is 39.4 Å². The molecular weight excluding hydrogens is 442 g/mol. The van der Waals surface area contributed by atoms with Crippen LogP contribution in [-0.4, -0.2) is 49.0 Å². The third-order valence-corrected chi connectivity index (χ3v) is 5.43. The van der Waals surface area contributed by atoms with Crippen LogP contribution in [-0.2, 0) is 31.0 Å². The molecule has 0 N–H and O–H groups in total. The second kappa shape index (κ2) is 11.5. The SMILES string of the molecule is CCn1nc(C)c(Cl)c1/C(OC(C)OC(=O)COC)=C(\C=N/C)c1ccc(C(C)(C)C)cc1. The van der Waals surface area contributed by atoms with Gasteiger partial charge in [0.2, 0.25) is 6.29 Å². The Morgan fingerprint density at radius 3 is 2.39 bits per heavy atom. The zero-order valence-corrected chi connectivity index (χ0v) is 21.5. The van der Waals surface area contributed by atoms with Gasteiger partial charge in [-0.2, -0.15) is 5.10 Å². The fraction of sp³-hybridized carbons (Fsp3) is 0.480. The summed E-state index contributed by atoms with van der Waals surface area (Å²) in [5, 5.41) is 5.00. The monoisotopic (exact) mass is 475 g/mol. The number of halogens is 1. The van der Waals surface area contributed by atoms with Gasteiger partial charge in [-0.3, -0.25) is 9.67 Å². The van der Waals surface area contributed by atoms with Crippen LogP contribution in [0.25, 0.3) is 11.3 Å². The second-order valence-corrected chi connectivity index (χ2v) is 9.01. The summed E-state index contributed by atoms with van der Waals surface area (Å²) in [6.45, 7) is 12.4. The molecule has 0 spiro atoms. The third-order valence-electron chi connectivity index (χ3n) is 4.98. The van der Waals surface area contributed by atoms with E-state index in [-0.39, 0.29) is 12.0 Å². The van der Waals surface area contributed by atoms with Crippen molar-refractivity contribution in [1.82, 2.24) is 9.78 Å². The number of aliphatic imine (C=N–C) groups is 1. The average molecular weight is 476 g/mol. The van der Waals surface area contributed by atoms with Crippen LogP contribution in [0.5, 0.6) is 0 Å². The predicted molar refractivity (Wildman–Crippen MR) is 133 cm³/mol. The van der Waals surface area contributed by atoms with Gasteiger partial charge in [0.1, 0.15) is 12.3 Å². The summed E-state index contributed by atoms with van der Waals surface area (Å²) in [5.41, 5.74) is 4.08. The van der Waals surface area contributed by atoms with E-state index in [1.165, 1.54) is 12.7 Å². The number of carbonyl (C=O) groups excluding carboxylic acids is 1. The third kappa shape index (κ3) is 6.68. The van der Waals surface area contributed by atoms with E-state index in [2.05, 4.69) is 43.0 Å². The van der Waals surface area contributed by atoms with E-state index in [9.17, 15) is 4.79 Å². The number of aryl methyl sites for hydroxylation is 2. The number of benzene rings is 1. The number of hydrogen-bond donors (Lipinski definition) is 0. The van der Waals surface area contributed by atoms with Gasteiger partial charge < -0.3 is 14.2 Å². The lowest BCUT2D eigenvalue weighted by Gasteiger charge is -2.22. The van der Waals surface area contributed by atoms with Crippen LogP contribution in [0.4, 0.5) is 0 Å². The van der Waals surface area contributed by atoms with Gasteiger partial charge in [-0.15, -0.1) is 0 Å². The standard InChI is InChI=1S/C25H34ClN3O4/c1-9-29-23(22(26)16(2)28-29)24(33-17(3)32-21(30)15-31-8)20(14-27-7)18-10-12-19(13-11-18)25(4,5)6/h10-14,17H,9,15H2,1-8H3/b24-20-,27-14-. The van der Waals surface area contributed by atoms with Crippen molar-refractivity contribution in [2.75, 3.05) is 20.8 Å². The number of rotatable bonds is 9. The van der Waals surface area contributed by atoms with Crippen molar-refractivity contribution in [2.45, 2.75) is 59.8 Å². The molecule has 1 aromatic carbocycles. The number of hydrogen-bond acceptors (Lipinski definition) is 6. The number of methoxy groups -OCH3 is 1. The number of carbonyl (C=O) groups is 1. The molecule has 0 aliphatic heterocycles. The Morgan fingerprint density at radius 1 is 1.24 bits per heavy atom. The minimum atomic E-state index is -0.895. The Morgan fingerprint density at radius 2 is 1.88 bits per heavy atom. The summed E-state index contributed by atoms with van der Waals surface area (Å²) >= 11 is 6.67. The molecule has 180 valence electrons. The van der Waals surface area contributed by atoms with E-state index in [0.29, 0.717) is 34.3 Å². The van der Waals surface area contributed by atoms with Crippen LogP contribution in [0.15, 0.2) is 29.3 Å². The molecule has 2 aromatic rings. The Balaban J connectivity index is 2.69. The smallest absolute Gasteiger partial charge is 0.335 e. The molecule has 7 nitrogen and oxygen atoms in total. The molecule has 1 aromatic heterocycles. The van der Waals surface area contributed by atoms with Crippen LogP contribution in [0.3, 0.4) is 0 Å². The summed E-state index contributed by atoms with van der Waals surface area (Å²) in [4.78, 5) is 16.2. The lowest BCUT2D eigenvalue weighted by molar-refractivity contribution is -0.168. The number of esters is 1. The van der Waals surface area contributed by atoms with Crippen molar-refractivity contribution in [3.8, 4) is 0 Å². The fourth-order valence-electron chi connectivity index (χ4n) is 3.32. The van der Waals surface area contributed by atoms with E-state index in [1.54, 1.807) is 24.9 Å². The highest BCUT2D eigenvalue weighted by atomic mass is 35.5. The Bertz CT molecular complexity index is 1020. The summed E-state index contributed by atoms with van der Waals surface area (Å²) in [6.07, 6.45) is 0.817. The first-order valence-corrected chi connectivity index (χ1v) is 11.3. The second-order valence-electron chi connectivity index (χ2n) is 8.63. The molecule has 0 saturated heterocycles. The summed E-state index contributed by atoms with van der Waals surface area (Å²) in [5.74, 6) is -0.106. The topological polar surface area (TPSA) is 74.9 Å². The molecule has 1 atom stereocenters. The van der Waals surface area contributed by atoms with Crippen LogP contribution >= 0.6 is 11.6 Å². The van der Waals surface area contributed by atoms with E-state index < -0.39 is 12.3 Å². The first-order valence-electron chi connectivity index (χ1n) is 10.9. The minimum Gasteiger partial charge on any atom is -0.452 e. The molecule has 0 aliphatic carbocycles. The molecule has 0 bridgehead atoms. The van der Waals surface area contributed by atoms with Crippen LogP contribution in [0.1, 0.15) is 57.1 Å². The quantitative estimate of drug-likeness (QED) is 0.213. The minimum absolute atomic E-state index is 0.0197. The Hall–Kier alpha value is -2.64. The maximum atomic E-state index is 11.9. The maximum absolute atomic E-state index is 11.9.